The van der Waals surface area contributed by atoms with Crippen LogP contribution in [-0.2, 0) is 0 Å². The van der Waals surface area contributed by atoms with Gasteiger partial charge in [0.15, 0.2) is 0 Å². The summed E-state index contributed by atoms with van der Waals surface area (Å²) >= 11 is 0. The highest BCUT2D eigenvalue weighted by Crippen LogP contribution is 2.10. The summed E-state index contributed by atoms with van der Waals surface area (Å²) in [7, 11) is 0. The number of para-hydroxylation sites is 1. The fourth-order valence-electron chi connectivity index (χ4n) is 2.06. The van der Waals surface area contributed by atoms with Crippen LogP contribution in [-0.4, -0.2) is 19.0 Å². The van der Waals surface area contributed by atoms with Gasteiger partial charge in [-0.2, -0.15) is 0 Å². The van der Waals surface area contributed by atoms with Gasteiger partial charge in [-0.15, -0.1) is 0 Å². The largest absolute Gasteiger partial charge is 0.383 e. The quantitative estimate of drug-likeness (QED) is 0.794. The van der Waals surface area contributed by atoms with Crippen molar-refractivity contribution < 1.29 is 4.79 Å². The summed E-state index contributed by atoms with van der Waals surface area (Å²) in [6, 6.07) is 17.5. The summed E-state index contributed by atoms with van der Waals surface area (Å²) in [5.74, 6) is -0.0430. The van der Waals surface area contributed by atoms with Crippen molar-refractivity contribution in [3.8, 4) is 0 Å². The van der Waals surface area contributed by atoms with Crippen molar-refractivity contribution in [3.05, 3.63) is 71.8 Å². The molecule has 108 valence electrons. The minimum Gasteiger partial charge on any atom is -0.383 e. The molecule has 2 N–H and O–H groups in total. The van der Waals surface area contributed by atoms with Gasteiger partial charge in [0.2, 0.25) is 0 Å². The maximum atomic E-state index is 12.2. The molecule has 3 heteroatoms. The monoisotopic (exact) mass is 280 g/mol. The number of allylic oxidation sites excluding steroid dienone is 1. The fraction of sp³-hybridized carbons (Fsp3) is 0.167. The number of amides is 1. The second kappa shape index (κ2) is 7.90. The molecule has 0 bridgehead atoms. The van der Waals surface area contributed by atoms with Crippen LogP contribution in [0, 0.1) is 0 Å². The summed E-state index contributed by atoms with van der Waals surface area (Å²) in [6.45, 7) is 3.22. The molecular formula is C18H20N2O. The lowest BCUT2D eigenvalue weighted by Crippen LogP contribution is -2.29. The molecule has 2 rings (SSSR count). The number of hydrogen-bond acceptors (Lipinski definition) is 2. The first-order valence-electron chi connectivity index (χ1n) is 7.10. The van der Waals surface area contributed by atoms with Crippen molar-refractivity contribution in [2.75, 3.05) is 18.4 Å². The number of anilines is 1. The van der Waals surface area contributed by atoms with Crippen molar-refractivity contribution in [2.24, 2.45) is 0 Å². The van der Waals surface area contributed by atoms with Gasteiger partial charge in [0, 0.05) is 24.3 Å². The van der Waals surface area contributed by atoms with Crippen molar-refractivity contribution in [1.82, 2.24) is 5.32 Å². The highest BCUT2D eigenvalue weighted by molar-refractivity contribution is 5.97. The zero-order valence-electron chi connectivity index (χ0n) is 12.2. The molecule has 3 nitrogen and oxygen atoms in total. The molecule has 0 saturated heterocycles. The standard InChI is InChI=1S/C18H20N2O/c1-2-8-15-9-6-7-12-17(15)18(21)20-14-13-19-16-10-4-3-5-11-16/h2-12,19H,13-14H2,1H3,(H,20,21). The molecule has 0 fully saturated rings. The normalized spacial score (nSPS) is 10.5. The predicted octanol–water partition coefficient (Wildman–Crippen LogP) is 3.56. The van der Waals surface area contributed by atoms with E-state index in [1.807, 2.05) is 73.7 Å². The third kappa shape index (κ3) is 4.49. The Morgan fingerprint density at radius 2 is 1.71 bits per heavy atom. The summed E-state index contributed by atoms with van der Waals surface area (Å²) in [5, 5.41) is 6.20. The van der Waals surface area contributed by atoms with Gasteiger partial charge in [-0.05, 0) is 30.7 Å². The van der Waals surface area contributed by atoms with Crippen LogP contribution >= 0.6 is 0 Å². The summed E-state index contributed by atoms with van der Waals surface area (Å²) < 4.78 is 0. The van der Waals surface area contributed by atoms with Gasteiger partial charge >= 0.3 is 0 Å². The lowest BCUT2D eigenvalue weighted by atomic mass is 10.1. The molecule has 0 heterocycles. The molecule has 0 atom stereocenters. The molecule has 0 spiro atoms. The third-order valence-electron chi connectivity index (χ3n) is 3.07. The van der Waals surface area contributed by atoms with Gasteiger partial charge in [0.25, 0.3) is 5.91 Å². The summed E-state index contributed by atoms with van der Waals surface area (Å²) in [6.07, 6.45) is 3.88. The first-order chi connectivity index (χ1) is 10.3. The van der Waals surface area contributed by atoms with Crippen LogP contribution in [0.25, 0.3) is 6.08 Å². The van der Waals surface area contributed by atoms with Gasteiger partial charge in [-0.25, -0.2) is 0 Å². The first-order valence-corrected chi connectivity index (χ1v) is 7.10. The smallest absolute Gasteiger partial charge is 0.251 e. The highest BCUT2D eigenvalue weighted by atomic mass is 16.1. The van der Waals surface area contributed by atoms with Crippen LogP contribution in [0.3, 0.4) is 0 Å². The Morgan fingerprint density at radius 3 is 2.48 bits per heavy atom. The maximum Gasteiger partial charge on any atom is 0.251 e. The van der Waals surface area contributed by atoms with E-state index in [1.165, 1.54) is 0 Å². The third-order valence-corrected chi connectivity index (χ3v) is 3.07. The van der Waals surface area contributed by atoms with E-state index in [0.29, 0.717) is 18.7 Å². The Kier molecular flexibility index (Phi) is 5.59. The minimum absolute atomic E-state index is 0.0430. The van der Waals surface area contributed by atoms with Gasteiger partial charge in [0.1, 0.15) is 0 Å². The Bertz CT molecular complexity index is 606. The SMILES string of the molecule is CC=Cc1ccccc1C(=O)NCCNc1ccccc1. The summed E-state index contributed by atoms with van der Waals surface area (Å²) in [4.78, 5) is 12.2. The van der Waals surface area contributed by atoms with Crippen molar-refractivity contribution in [2.45, 2.75) is 6.92 Å². The van der Waals surface area contributed by atoms with Crippen LogP contribution in [0.5, 0.6) is 0 Å². The second-order valence-electron chi connectivity index (χ2n) is 4.64. The molecule has 0 aliphatic carbocycles. The number of carbonyl (C=O) groups excluding carboxylic acids is 1. The number of carbonyl (C=O) groups is 1. The average Bonchev–Trinajstić information content (AvgIpc) is 2.53. The molecule has 0 unspecified atom stereocenters. The zero-order valence-corrected chi connectivity index (χ0v) is 12.2. The topological polar surface area (TPSA) is 41.1 Å². The van der Waals surface area contributed by atoms with E-state index in [0.717, 1.165) is 11.3 Å². The van der Waals surface area contributed by atoms with Gasteiger partial charge in [-0.3, -0.25) is 4.79 Å². The molecular weight excluding hydrogens is 260 g/mol. The number of hydrogen-bond donors (Lipinski definition) is 2. The van der Waals surface area contributed by atoms with E-state index in [1.54, 1.807) is 0 Å². The molecule has 2 aromatic carbocycles. The van der Waals surface area contributed by atoms with E-state index < -0.39 is 0 Å². The second-order valence-corrected chi connectivity index (χ2v) is 4.64. The number of nitrogens with one attached hydrogen (secondary N) is 2. The van der Waals surface area contributed by atoms with Gasteiger partial charge in [-0.1, -0.05) is 48.6 Å². The molecule has 1 amide bonds. The highest BCUT2D eigenvalue weighted by Gasteiger charge is 2.07. The van der Waals surface area contributed by atoms with Crippen LogP contribution in [0.15, 0.2) is 60.7 Å². The predicted molar refractivity (Wildman–Crippen MR) is 88.4 cm³/mol. The van der Waals surface area contributed by atoms with E-state index in [4.69, 9.17) is 0 Å². The molecule has 0 aliphatic rings. The van der Waals surface area contributed by atoms with Crippen LogP contribution < -0.4 is 10.6 Å². The van der Waals surface area contributed by atoms with Crippen LogP contribution in [0.4, 0.5) is 5.69 Å². The number of benzene rings is 2. The van der Waals surface area contributed by atoms with Crippen molar-refractivity contribution in [1.29, 1.82) is 0 Å². The lowest BCUT2D eigenvalue weighted by Gasteiger charge is -2.09. The van der Waals surface area contributed by atoms with Gasteiger partial charge < -0.3 is 10.6 Å². The minimum atomic E-state index is -0.0430. The van der Waals surface area contributed by atoms with Crippen LogP contribution in [0.2, 0.25) is 0 Å². The van der Waals surface area contributed by atoms with E-state index in [2.05, 4.69) is 10.6 Å². The maximum absolute atomic E-state index is 12.2. The lowest BCUT2D eigenvalue weighted by molar-refractivity contribution is 0.0955. The molecule has 2 aromatic rings. The number of rotatable bonds is 6. The summed E-state index contributed by atoms with van der Waals surface area (Å²) in [5.41, 5.74) is 2.70. The first kappa shape index (κ1) is 14.9. The van der Waals surface area contributed by atoms with Gasteiger partial charge in [0.05, 0.1) is 0 Å². The van der Waals surface area contributed by atoms with E-state index in [9.17, 15) is 4.79 Å². The van der Waals surface area contributed by atoms with Crippen molar-refractivity contribution >= 4 is 17.7 Å². The molecule has 0 aromatic heterocycles. The molecule has 21 heavy (non-hydrogen) atoms. The molecule has 0 aliphatic heterocycles. The Labute approximate surface area is 125 Å². The van der Waals surface area contributed by atoms with Crippen LogP contribution in [0.1, 0.15) is 22.8 Å². The fourth-order valence-corrected chi connectivity index (χ4v) is 2.06. The zero-order chi connectivity index (χ0) is 14.9. The molecule has 0 saturated carbocycles. The Hall–Kier alpha value is -2.55. The Morgan fingerprint density at radius 1 is 1.00 bits per heavy atom. The van der Waals surface area contributed by atoms with Crippen molar-refractivity contribution in [3.63, 3.8) is 0 Å². The van der Waals surface area contributed by atoms with E-state index in [-0.39, 0.29) is 5.91 Å². The molecule has 0 radical (unpaired) electrons. The van der Waals surface area contributed by atoms with E-state index >= 15 is 0 Å². The Balaban J connectivity index is 1.85. The average molecular weight is 280 g/mol.